The van der Waals surface area contributed by atoms with Crippen LogP contribution in [0.1, 0.15) is 0 Å². The fourth-order valence-electron chi connectivity index (χ4n) is 1.09. The molecule has 0 atom stereocenters. The molecule has 0 aliphatic heterocycles. The zero-order valence-corrected chi connectivity index (χ0v) is 10.8. The van der Waals surface area contributed by atoms with Crippen LogP contribution in [0, 0.1) is 3.57 Å². The maximum atomic E-state index is 11.6. The van der Waals surface area contributed by atoms with E-state index in [9.17, 15) is 4.79 Å². The average Bonchev–Trinajstić information content (AvgIpc) is 2.24. The number of pyridine rings is 1. The van der Waals surface area contributed by atoms with Crippen LogP contribution in [-0.2, 0) is 16.0 Å². The summed E-state index contributed by atoms with van der Waals surface area (Å²) in [4.78, 5) is 11.6. The van der Waals surface area contributed by atoms with Crippen LogP contribution in [-0.4, -0.2) is 31.5 Å². The van der Waals surface area contributed by atoms with E-state index in [1.165, 1.54) is 0 Å². The lowest BCUT2D eigenvalue weighted by molar-refractivity contribution is 0.0662. The summed E-state index contributed by atoms with van der Waals surface area (Å²) in [5.41, 5.74) is 0.0356. The van der Waals surface area contributed by atoms with Gasteiger partial charge in [0.15, 0.2) is 0 Å². The number of methoxy groups -OCH3 is 1. The van der Waals surface area contributed by atoms with Crippen molar-refractivity contribution >= 4 is 22.6 Å². The summed E-state index contributed by atoms with van der Waals surface area (Å²) in [5.74, 6) is 0. The van der Waals surface area contributed by atoms with Gasteiger partial charge in [-0.3, -0.25) is 4.79 Å². The van der Waals surface area contributed by atoms with Gasteiger partial charge in [0.2, 0.25) is 0 Å². The first kappa shape index (κ1) is 12.7. The van der Waals surface area contributed by atoms with E-state index in [1.807, 2.05) is 28.7 Å². The maximum Gasteiger partial charge on any atom is 0.264 e. The van der Waals surface area contributed by atoms with Crippen LogP contribution in [0.2, 0.25) is 0 Å². The topological polar surface area (TPSA) is 40.5 Å². The van der Waals surface area contributed by atoms with Crippen molar-refractivity contribution in [2.24, 2.45) is 0 Å². The molecule has 5 heteroatoms. The molecule has 1 aromatic rings. The van der Waals surface area contributed by atoms with Gasteiger partial charge >= 0.3 is 0 Å². The second-order valence-electron chi connectivity index (χ2n) is 2.96. The van der Waals surface area contributed by atoms with E-state index in [0.717, 1.165) is 3.57 Å². The Morgan fingerprint density at radius 1 is 1.40 bits per heavy atom. The number of aromatic nitrogens is 1. The highest BCUT2D eigenvalue weighted by molar-refractivity contribution is 14.1. The molecule has 1 heterocycles. The van der Waals surface area contributed by atoms with E-state index in [-0.39, 0.29) is 5.56 Å². The van der Waals surface area contributed by atoms with Gasteiger partial charge in [-0.25, -0.2) is 0 Å². The molecule has 0 saturated carbocycles. The molecule has 0 aliphatic rings. The summed E-state index contributed by atoms with van der Waals surface area (Å²) in [6.07, 6.45) is 1.77. The van der Waals surface area contributed by atoms with Crippen molar-refractivity contribution in [3.8, 4) is 0 Å². The minimum atomic E-state index is 0.0356. The maximum absolute atomic E-state index is 11.6. The highest BCUT2D eigenvalue weighted by atomic mass is 127. The molecule has 0 bridgehead atoms. The Hall–Kier alpha value is -0.400. The quantitative estimate of drug-likeness (QED) is 0.582. The van der Waals surface area contributed by atoms with E-state index >= 15 is 0 Å². The van der Waals surface area contributed by atoms with Crippen molar-refractivity contribution < 1.29 is 9.47 Å². The molecule has 0 fully saturated rings. The summed E-state index contributed by atoms with van der Waals surface area (Å²) in [7, 11) is 1.63. The third kappa shape index (κ3) is 4.31. The van der Waals surface area contributed by atoms with Crippen molar-refractivity contribution in [2.45, 2.75) is 6.54 Å². The zero-order valence-electron chi connectivity index (χ0n) is 8.61. The molecule has 84 valence electrons. The van der Waals surface area contributed by atoms with Gasteiger partial charge in [-0.15, -0.1) is 0 Å². The minimum Gasteiger partial charge on any atom is -0.382 e. The van der Waals surface area contributed by atoms with Gasteiger partial charge in [-0.2, -0.15) is 0 Å². The summed E-state index contributed by atoms with van der Waals surface area (Å²) in [6, 6.07) is 3.66. The Bertz CT molecular complexity index is 351. The van der Waals surface area contributed by atoms with Gasteiger partial charge in [-0.05, 0) is 34.7 Å². The predicted molar refractivity (Wildman–Crippen MR) is 66.1 cm³/mol. The highest BCUT2D eigenvalue weighted by Gasteiger charge is 1.98. The smallest absolute Gasteiger partial charge is 0.264 e. The molecular formula is C10H14INO3. The molecule has 1 rings (SSSR count). The number of halogens is 1. The van der Waals surface area contributed by atoms with Crippen LogP contribution < -0.4 is 5.56 Å². The van der Waals surface area contributed by atoms with Gasteiger partial charge in [0.25, 0.3) is 5.56 Å². The molecule has 0 aliphatic carbocycles. The van der Waals surface area contributed by atoms with Crippen LogP contribution in [0.25, 0.3) is 0 Å². The van der Waals surface area contributed by atoms with E-state index in [4.69, 9.17) is 9.47 Å². The Kier molecular flexibility index (Phi) is 5.89. The molecule has 4 nitrogen and oxygen atoms in total. The number of hydrogen-bond donors (Lipinski definition) is 0. The lowest BCUT2D eigenvalue weighted by atomic mass is 10.4. The van der Waals surface area contributed by atoms with Crippen molar-refractivity contribution in [1.82, 2.24) is 4.57 Å². The lowest BCUT2D eigenvalue weighted by Crippen LogP contribution is -2.23. The Balaban J connectivity index is 2.38. The first-order valence-corrected chi connectivity index (χ1v) is 5.75. The van der Waals surface area contributed by atoms with Crippen LogP contribution in [0.3, 0.4) is 0 Å². The van der Waals surface area contributed by atoms with Gasteiger partial charge in [0.05, 0.1) is 23.4 Å². The fraction of sp³-hybridized carbons (Fsp3) is 0.500. The third-order valence-electron chi connectivity index (χ3n) is 1.88. The number of hydrogen-bond acceptors (Lipinski definition) is 3. The van der Waals surface area contributed by atoms with E-state index in [0.29, 0.717) is 26.4 Å². The third-order valence-corrected chi connectivity index (χ3v) is 2.70. The summed E-state index contributed by atoms with van der Waals surface area (Å²) in [5, 5.41) is 0. The predicted octanol–water partition coefficient (Wildman–Crippen LogP) is 1.12. The first-order valence-electron chi connectivity index (χ1n) is 4.67. The molecule has 1 aromatic heterocycles. The zero-order chi connectivity index (χ0) is 11.1. The second kappa shape index (κ2) is 6.97. The van der Waals surface area contributed by atoms with Crippen molar-refractivity contribution in [3.63, 3.8) is 0 Å². The fourth-order valence-corrected chi connectivity index (χ4v) is 1.61. The Morgan fingerprint density at radius 3 is 2.93 bits per heavy atom. The molecule has 0 radical (unpaired) electrons. The second-order valence-corrected chi connectivity index (χ2v) is 4.12. The molecule has 0 amide bonds. The highest BCUT2D eigenvalue weighted by Crippen LogP contribution is 1.95. The lowest BCUT2D eigenvalue weighted by Gasteiger charge is -2.06. The molecule has 0 N–H and O–H groups in total. The van der Waals surface area contributed by atoms with E-state index in [2.05, 4.69) is 0 Å². The minimum absolute atomic E-state index is 0.0356. The van der Waals surface area contributed by atoms with Crippen molar-refractivity contribution in [2.75, 3.05) is 26.9 Å². The van der Waals surface area contributed by atoms with Gasteiger partial charge in [0.1, 0.15) is 0 Å². The van der Waals surface area contributed by atoms with Gasteiger partial charge < -0.3 is 14.0 Å². The molecule has 0 spiro atoms. The van der Waals surface area contributed by atoms with Gasteiger partial charge in [0, 0.05) is 19.9 Å². The van der Waals surface area contributed by atoms with Crippen molar-refractivity contribution in [3.05, 3.63) is 32.3 Å². The van der Waals surface area contributed by atoms with Crippen LogP contribution in [0.4, 0.5) is 0 Å². The van der Waals surface area contributed by atoms with Crippen molar-refractivity contribution in [1.29, 1.82) is 0 Å². The van der Waals surface area contributed by atoms with Crippen LogP contribution in [0.5, 0.6) is 0 Å². The molecule has 0 saturated heterocycles. The van der Waals surface area contributed by atoms with Gasteiger partial charge in [-0.1, -0.05) is 0 Å². The standard InChI is InChI=1S/C10H14INO3/c1-14-7-8-15-6-5-12-4-2-3-9(11)10(12)13/h2-4H,5-8H2,1H3. The molecule has 0 unspecified atom stereocenters. The van der Waals surface area contributed by atoms with E-state index in [1.54, 1.807) is 23.9 Å². The first-order chi connectivity index (χ1) is 7.25. The summed E-state index contributed by atoms with van der Waals surface area (Å²) < 4.78 is 12.5. The SMILES string of the molecule is COCCOCCn1cccc(I)c1=O. The summed E-state index contributed by atoms with van der Waals surface area (Å²) >= 11 is 2.03. The Morgan fingerprint density at radius 2 is 2.20 bits per heavy atom. The normalized spacial score (nSPS) is 10.5. The summed E-state index contributed by atoms with van der Waals surface area (Å²) in [6.45, 7) is 2.26. The largest absolute Gasteiger partial charge is 0.382 e. The molecule has 15 heavy (non-hydrogen) atoms. The molecule has 0 aromatic carbocycles. The number of rotatable bonds is 6. The number of nitrogens with zero attached hydrogens (tertiary/aromatic N) is 1. The number of ether oxygens (including phenoxy) is 2. The van der Waals surface area contributed by atoms with Crippen LogP contribution in [0.15, 0.2) is 23.1 Å². The van der Waals surface area contributed by atoms with Crippen LogP contribution >= 0.6 is 22.6 Å². The monoisotopic (exact) mass is 323 g/mol. The average molecular weight is 323 g/mol. The van der Waals surface area contributed by atoms with E-state index < -0.39 is 0 Å². The molecular weight excluding hydrogens is 309 g/mol. The Labute approximate surface area is 102 Å².